The molecule has 0 aliphatic heterocycles. The molecule has 0 amide bonds. The maximum Gasteiger partial charge on any atom is 0.324 e. The summed E-state index contributed by atoms with van der Waals surface area (Å²) in [7, 11) is 0. The molecule has 0 saturated heterocycles. The van der Waals surface area contributed by atoms with Crippen molar-refractivity contribution < 1.29 is 28.2 Å². The third-order valence-corrected chi connectivity index (χ3v) is 2.83. The van der Waals surface area contributed by atoms with E-state index in [1.165, 1.54) is 0 Å². The van der Waals surface area contributed by atoms with Gasteiger partial charge in [-0.25, -0.2) is 8.78 Å². The third-order valence-electron chi connectivity index (χ3n) is 2.83. The molecule has 1 saturated carbocycles. The second kappa shape index (κ2) is 4.15. The summed E-state index contributed by atoms with van der Waals surface area (Å²) < 4.78 is 30.7. The summed E-state index contributed by atoms with van der Waals surface area (Å²) in [6.07, 6.45) is -1.87. The number of halogens is 2. The number of hydrogen-bond acceptors (Lipinski definition) is 4. The van der Waals surface area contributed by atoms with Crippen LogP contribution < -0.4 is 5.73 Å². The maximum absolute atomic E-state index is 12.9. The Morgan fingerprint density at radius 2 is 1.78 bits per heavy atom. The number of esters is 1. The Bertz CT molecular complexity index is 368. The van der Waals surface area contributed by atoms with Gasteiger partial charge in [0.25, 0.3) is 5.92 Å². The van der Waals surface area contributed by atoms with Crippen molar-refractivity contribution in [1.82, 2.24) is 0 Å². The van der Waals surface area contributed by atoms with Crippen molar-refractivity contribution in [1.29, 1.82) is 0 Å². The van der Waals surface area contributed by atoms with Crippen molar-refractivity contribution in [2.24, 2.45) is 11.1 Å². The zero-order valence-corrected chi connectivity index (χ0v) is 10.5. The van der Waals surface area contributed by atoms with E-state index < -0.39 is 47.8 Å². The fraction of sp³-hybridized carbons (Fsp3) is 0.818. The molecule has 0 radical (unpaired) electrons. The van der Waals surface area contributed by atoms with E-state index in [1.54, 1.807) is 20.8 Å². The van der Waals surface area contributed by atoms with Gasteiger partial charge < -0.3 is 15.6 Å². The Morgan fingerprint density at radius 3 is 2.06 bits per heavy atom. The Morgan fingerprint density at radius 1 is 1.33 bits per heavy atom. The molecular formula is C11H17F2NO4. The van der Waals surface area contributed by atoms with Crippen LogP contribution in [0.4, 0.5) is 8.78 Å². The monoisotopic (exact) mass is 265 g/mol. The second-order valence-corrected chi connectivity index (χ2v) is 5.68. The van der Waals surface area contributed by atoms with Gasteiger partial charge in [0, 0.05) is 12.8 Å². The first-order valence-electron chi connectivity index (χ1n) is 5.49. The van der Waals surface area contributed by atoms with E-state index in [0.29, 0.717) is 0 Å². The predicted octanol–water partition coefficient (Wildman–Crippen LogP) is 1.16. The molecule has 0 aromatic rings. The van der Waals surface area contributed by atoms with Gasteiger partial charge in [-0.1, -0.05) is 0 Å². The topological polar surface area (TPSA) is 89.6 Å². The summed E-state index contributed by atoms with van der Waals surface area (Å²) in [5, 5.41) is 9.01. The summed E-state index contributed by atoms with van der Waals surface area (Å²) in [5.41, 5.74) is 2.73. The van der Waals surface area contributed by atoms with Gasteiger partial charge in [-0.05, 0) is 20.8 Å². The fourth-order valence-corrected chi connectivity index (χ4v) is 1.97. The van der Waals surface area contributed by atoms with Crippen molar-refractivity contribution >= 4 is 11.9 Å². The summed E-state index contributed by atoms with van der Waals surface area (Å²) in [4.78, 5) is 22.7. The molecule has 5 nitrogen and oxygen atoms in total. The predicted molar refractivity (Wildman–Crippen MR) is 58.1 cm³/mol. The zero-order valence-electron chi connectivity index (χ0n) is 10.5. The number of carboxylic acid groups (broad SMARTS) is 1. The highest BCUT2D eigenvalue weighted by Crippen LogP contribution is 2.54. The molecule has 0 bridgehead atoms. The van der Waals surface area contributed by atoms with Crippen LogP contribution in [0.5, 0.6) is 0 Å². The molecule has 0 spiro atoms. The second-order valence-electron chi connectivity index (χ2n) is 5.68. The Kier molecular flexibility index (Phi) is 3.42. The highest BCUT2D eigenvalue weighted by molar-refractivity contribution is 5.88. The van der Waals surface area contributed by atoms with E-state index in [-0.39, 0.29) is 0 Å². The molecule has 0 aromatic carbocycles. The molecule has 1 unspecified atom stereocenters. The van der Waals surface area contributed by atoms with Crippen LogP contribution in [0.2, 0.25) is 0 Å². The van der Waals surface area contributed by atoms with E-state index in [0.717, 1.165) is 0 Å². The van der Waals surface area contributed by atoms with Crippen molar-refractivity contribution in [3.05, 3.63) is 0 Å². The quantitative estimate of drug-likeness (QED) is 0.747. The van der Waals surface area contributed by atoms with Gasteiger partial charge in [0.05, 0.1) is 0 Å². The van der Waals surface area contributed by atoms with Crippen molar-refractivity contribution in [3.63, 3.8) is 0 Å². The number of rotatable bonds is 3. The molecule has 1 atom stereocenters. The number of hydrogen-bond donors (Lipinski definition) is 2. The maximum atomic E-state index is 12.9. The minimum Gasteiger partial charge on any atom is -0.481 e. The SMILES string of the molecule is CC(C)(C)OC(=O)C(N)C1(C(=O)O)CC(F)(F)C1. The van der Waals surface area contributed by atoms with Crippen LogP contribution in [0, 0.1) is 5.41 Å². The molecule has 1 rings (SSSR count). The van der Waals surface area contributed by atoms with Crippen LogP contribution in [0.3, 0.4) is 0 Å². The van der Waals surface area contributed by atoms with Gasteiger partial charge in [0.2, 0.25) is 0 Å². The molecule has 1 fully saturated rings. The number of nitrogens with two attached hydrogens (primary N) is 1. The number of carbonyl (C=O) groups is 2. The lowest BCUT2D eigenvalue weighted by atomic mass is 9.61. The minimum absolute atomic E-state index is 0.847. The number of carbonyl (C=O) groups excluding carboxylic acids is 1. The highest BCUT2D eigenvalue weighted by atomic mass is 19.3. The number of carboxylic acids is 1. The summed E-state index contributed by atoms with van der Waals surface area (Å²) >= 11 is 0. The Hall–Kier alpha value is -1.24. The minimum atomic E-state index is -3.09. The third kappa shape index (κ3) is 2.77. The van der Waals surface area contributed by atoms with E-state index in [9.17, 15) is 18.4 Å². The van der Waals surface area contributed by atoms with Gasteiger partial charge in [-0.3, -0.25) is 9.59 Å². The number of alkyl halides is 2. The van der Waals surface area contributed by atoms with Crippen molar-refractivity contribution in [3.8, 4) is 0 Å². The number of aliphatic carboxylic acids is 1. The van der Waals surface area contributed by atoms with Gasteiger partial charge in [0.1, 0.15) is 17.1 Å². The molecule has 0 aromatic heterocycles. The average molecular weight is 265 g/mol. The van der Waals surface area contributed by atoms with Gasteiger partial charge in [-0.2, -0.15) is 0 Å². The van der Waals surface area contributed by atoms with Gasteiger partial charge in [0.15, 0.2) is 0 Å². The molecule has 104 valence electrons. The molecule has 7 heteroatoms. The van der Waals surface area contributed by atoms with Crippen LogP contribution in [-0.4, -0.2) is 34.6 Å². The molecule has 0 heterocycles. The lowest BCUT2D eigenvalue weighted by Gasteiger charge is -2.46. The summed E-state index contributed by atoms with van der Waals surface area (Å²) in [6, 6.07) is -1.59. The molecule has 1 aliphatic rings. The first kappa shape index (κ1) is 14.8. The van der Waals surface area contributed by atoms with Gasteiger partial charge in [-0.15, -0.1) is 0 Å². The first-order valence-corrected chi connectivity index (χ1v) is 5.49. The normalized spacial score (nSPS) is 22.8. The molecular weight excluding hydrogens is 248 g/mol. The van der Waals surface area contributed by atoms with E-state index >= 15 is 0 Å². The first-order chi connectivity index (χ1) is 7.90. The van der Waals surface area contributed by atoms with Crippen molar-refractivity contribution in [2.45, 2.75) is 51.2 Å². The van der Waals surface area contributed by atoms with E-state index in [1.807, 2.05) is 0 Å². The highest BCUT2D eigenvalue weighted by Gasteiger charge is 2.66. The van der Waals surface area contributed by atoms with Crippen LogP contribution in [0.1, 0.15) is 33.6 Å². The molecule has 18 heavy (non-hydrogen) atoms. The summed E-state index contributed by atoms with van der Waals surface area (Å²) in [5.74, 6) is -5.55. The van der Waals surface area contributed by atoms with E-state index in [4.69, 9.17) is 15.6 Å². The van der Waals surface area contributed by atoms with Crippen LogP contribution in [-0.2, 0) is 14.3 Å². The molecule has 1 aliphatic carbocycles. The Labute approximate surface area is 103 Å². The summed E-state index contributed by atoms with van der Waals surface area (Å²) in [6.45, 7) is 4.75. The largest absolute Gasteiger partial charge is 0.481 e. The van der Waals surface area contributed by atoms with Crippen LogP contribution in [0.15, 0.2) is 0 Å². The lowest BCUT2D eigenvalue weighted by molar-refractivity contribution is -0.205. The molecule has 3 N–H and O–H groups in total. The standard InChI is InChI=1S/C11H17F2NO4/c1-9(2,3)18-7(15)6(14)10(8(16)17)4-11(12,13)5-10/h6H,4-5,14H2,1-3H3,(H,16,17). The number of ether oxygens (including phenoxy) is 1. The van der Waals surface area contributed by atoms with Crippen LogP contribution in [0.25, 0.3) is 0 Å². The Balaban J connectivity index is 2.84. The zero-order chi connectivity index (χ0) is 14.4. The fourth-order valence-electron chi connectivity index (χ4n) is 1.97. The smallest absolute Gasteiger partial charge is 0.324 e. The average Bonchev–Trinajstić information content (AvgIpc) is 2.08. The van der Waals surface area contributed by atoms with Crippen molar-refractivity contribution in [2.75, 3.05) is 0 Å². The van der Waals surface area contributed by atoms with Gasteiger partial charge >= 0.3 is 11.9 Å². The van der Waals surface area contributed by atoms with Crippen LogP contribution >= 0.6 is 0 Å². The van der Waals surface area contributed by atoms with E-state index in [2.05, 4.69) is 0 Å². The lowest BCUT2D eigenvalue weighted by Crippen LogP contribution is -2.63.